The first-order chi connectivity index (χ1) is 17.4. The first-order valence-corrected chi connectivity index (χ1v) is 19.1. The Kier molecular flexibility index (Phi) is 10.7. The molecule has 0 bridgehead atoms. The molecular formula is C30H46O6Si2. The van der Waals surface area contributed by atoms with Crippen LogP contribution in [0.3, 0.4) is 0 Å². The highest BCUT2D eigenvalue weighted by molar-refractivity contribution is 6.74. The Morgan fingerprint density at radius 2 is 0.868 bits per heavy atom. The molecule has 0 atom stereocenters. The number of esters is 2. The predicted octanol–water partition coefficient (Wildman–Crippen LogP) is 8.02. The molecule has 0 aliphatic carbocycles. The first-order valence-electron chi connectivity index (χ1n) is 13.3. The topological polar surface area (TPSA) is 71.1 Å². The lowest BCUT2D eigenvalue weighted by Gasteiger charge is -2.36. The van der Waals surface area contributed by atoms with Gasteiger partial charge in [0.15, 0.2) is 16.6 Å². The van der Waals surface area contributed by atoms with Crippen molar-refractivity contribution in [1.82, 2.24) is 0 Å². The zero-order valence-corrected chi connectivity index (χ0v) is 26.9. The molecule has 0 spiro atoms. The third-order valence-corrected chi connectivity index (χ3v) is 16.6. The molecule has 6 nitrogen and oxygen atoms in total. The molecule has 0 aromatic heterocycles. The molecule has 0 aliphatic rings. The minimum absolute atomic E-state index is 0.0620. The van der Waals surface area contributed by atoms with Crippen LogP contribution in [-0.4, -0.2) is 28.6 Å². The van der Waals surface area contributed by atoms with Crippen molar-refractivity contribution < 1.29 is 27.9 Å². The lowest BCUT2D eigenvalue weighted by Crippen LogP contribution is -2.40. The molecule has 210 valence electrons. The van der Waals surface area contributed by atoms with Crippen molar-refractivity contribution >= 4 is 28.6 Å². The maximum atomic E-state index is 12.2. The Balaban J connectivity index is 1.76. The molecule has 0 saturated carbocycles. The molecule has 0 radical (unpaired) electrons. The second-order valence-corrected chi connectivity index (χ2v) is 22.5. The van der Waals surface area contributed by atoms with Gasteiger partial charge in [-0.3, -0.25) is 9.59 Å². The number of carbonyl (C=O) groups is 2. The zero-order valence-electron chi connectivity index (χ0n) is 24.9. The van der Waals surface area contributed by atoms with Crippen LogP contribution in [0, 0.1) is 0 Å². The largest absolute Gasteiger partial charge is 0.427 e. The van der Waals surface area contributed by atoms with E-state index in [2.05, 4.69) is 67.7 Å². The molecule has 0 unspecified atom stereocenters. The van der Waals surface area contributed by atoms with Gasteiger partial charge in [0.2, 0.25) is 0 Å². The minimum atomic E-state index is -1.83. The normalized spacial score (nSPS) is 12.8. The van der Waals surface area contributed by atoms with Crippen LogP contribution >= 0.6 is 0 Å². The summed E-state index contributed by atoms with van der Waals surface area (Å²) in [5.41, 5.74) is 2.05. The zero-order chi connectivity index (χ0) is 28.8. The van der Waals surface area contributed by atoms with E-state index in [1.165, 1.54) is 0 Å². The Bertz CT molecular complexity index is 974. The smallest absolute Gasteiger partial charge is 0.311 e. The third kappa shape index (κ3) is 9.80. The van der Waals surface area contributed by atoms with E-state index in [-0.39, 0.29) is 22.9 Å². The number of benzene rings is 2. The average Bonchev–Trinajstić information content (AvgIpc) is 2.80. The standard InChI is InChI=1S/C30H46O6Si2/c1-29(2,3)37(7,8)33-21-23-11-15-25(16-12-23)35-27(31)19-20-28(32)36-26-17-13-24(14-18-26)22-34-38(9,10)30(4,5)6/h11-18H,19-22H2,1-10H3. The number of hydrogen-bond acceptors (Lipinski definition) is 6. The Morgan fingerprint density at radius 1 is 0.579 bits per heavy atom. The predicted molar refractivity (Wildman–Crippen MR) is 157 cm³/mol. The molecule has 38 heavy (non-hydrogen) atoms. The number of ether oxygens (including phenoxy) is 2. The van der Waals surface area contributed by atoms with E-state index < -0.39 is 28.6 Å². The van der Waals surface area contributed by atoms with Crippen LogP contribution < -0.4 is 9.47 Å². The maximum Gasteiger partial charge on any atom is 0.311 e. The van der Waals surface area contributed by atoms with Gasteiger partial charge >= 0.3 is 11.9 Å². The fraction of sp³-hybridized carbons (Fsp3) is 0.533. The average molecular weight is 559 g/mol. The molecule has 0 N–H and O–H groups in total. The van der Waals surface area contributed by atoms with E-state index in [9.17, 15) is 9.59 Å². The van der Waals surface area contributed by atoms with Crippen molar-refractivity contribution in [2.45, 2.75) is 104 Å². The van der Waals surface area contributed by atoms with Crippen LogP contribution in [0.1, 0.15) is 65.5 Å². The van der Waals surface area contributed by atoms with Gasteiger partial charge < -0.3 is 18.3 Å². The Hall–Kier alpha value is -2.27. The van der Waals surface area contributed by atoms with Gasteiger partial charge in [0.25, 0.3) is 0 Å². The summed E-state index contributed by atoms with van der Waals surface area (Å²) >= 11 is 0. The van der Waals surface area contributed by atoms with E-state index in [0.717, 1.165) is 11.1 Å². The fourth-order valence-corrected chi connectivity index (χ4v) is 4.76. The van der Waals surface area contributed by atoms with Gasteiger partial charge in [-0.2, -0.15) is 0 Å². The molecule has 0 aliphatic heterocycles. The molecule has 0 fully saturated rings. The van der Waals surface area contributed by atoms with Crippen molar-refractivity contribution in [2.75, 3.05) is 0 Å². The first kappa shape index (κ1) is 31.9. The van der Waals surface area contributed by atoms with Crippen LogP contribution in [-0.2, 0) is 31.7 Å². The molecule has 0 saturated heterocycles. The quantitative estimate of drug-likeness (QED) is 0.158. The number of hydrogen-bond donors (Lipinski definition) is 0. The van der Waals surface area contributed by atoms with Crippen LogP contribution in [0.15, 0.2) is 48.5 Å². The van der Waals surface area contributed by atoms with Crippen LogP contribution in [0.5, 0.6) is 11.5 Å². The van der Waals surface area contributed by atoms with Crippen molar-refractivity contribution in [3.8, 4) is 11.5 Å². The molecule has 0 amide bonds. The van der Waals surface area contributed by atoms with Gasteiger partial charge in [0.05, 0.1) is 26.1 Å². The highest BCUT2D eigenvalue weighted by atomic mass is 28.4. The van der Waals surface area contributed by atoms with Gasteiger partial charge in [-0.1, -0.05) is 65.8 Å². The highest BCUT2D eigenvalue weighted by Crippen LogP contribution is 2.38. The van der Waals surface area contributed by atoms with E-state index in [0.29, 0.717) is 24.7 Å². The van der Waals surface area contributed by atoms with Crippen molar-refractivity contribution in [3.63, 3.8) is 0 Å². The summed E-state index contributed by atoms with van der Waals surface area (Å²) in [5.74, 6) is -0.0828. The van der Waals surface area contributed by atoms with Crippen molar-refractivity contribution in [2.24, 2.45) is 0 Å². The molecule has 2 aromatic carbocycles. The monoisotopic (exact) mass is 558 g/mol. The van der Waals surface area contributed by atoms with Crippen molar-refractivity contribution in [3.05, 3.63) is 59.7 Å². The molecule has 2 aromatic rings. The van der Waals surface area contributed by atoms with E-state index >= 15 is 0 Å². The van der Waals surface area contributed by atoms with Crippen LogP contribution in [0.2, 0.25) is 36.3 Å². The highest BCUT2D eigenvalue weighted by Gasteiger charge is 2.37. The van der Waals surface area contributed by atoms with Gasteiger partial charge in [0, 0.05) is 0 Å². The maximum absolute atomic E-state index is 12.2. The summed E-state index contributed by atoms with van der Waals surface area (Å²) in [5, 5.41) is 0.291. The lowest BCUT2D eigenvalue weighted by atomic mass is 10.2. The summed E-state index contributed by atoms with van der Waals surface area (Å²) in [6, 6.07) is 14.6. The van der Waals surface area contributed by atoms with Gasteiger partial charge in [-0.25, -0.2) is 0 Å². The molecule has 0 heterocycles. The molecular weight excluding hydrogens is 512 g/mol. The number of rotatable bonds is 11. The molecule has 2 rings (SSSR count). The third-order valence-electron chi connectivity index (χ3n) is 7.66. The Morgan fingerprint density at radius 3 is 1.13 bits per heavy atom. The fourth-order valence-electron chi connectivity index (χ4n) is 2.84. The van der Waals surface area contributed by atoms with Gasteiger partial charge in [-0.15, -0.1) is 0 Å². The Labute approximate surface area is 231 Å². The van der Waals surface area contributed by atoms with Crippen molar-refractivity contribution in [1.29, 1.82) is 0 Å². The summed E-state index contributed by atoms with van der Waals surface area (Å²) in [7, 11) is -3.66. The minimum Gasteiger partial charge on any atom is -0.427 e. The van der Waals surface area contributed by atoms with Crippen LogP contribution in [0.4, 0.5) is 0 Å². The summed E-state index contributed by atoms with van der Waals surface area (Å²) in [6.45, 7) is 23.2. The van der Waals surface area contributed by atoms with E-state index in [4.69, 9.17) is 18.3 Å². The second kappa shape index (κ2) is 12.7. The van der Waals surface area contributed by atoms with Gasteiger partial charge in [0.1, 0.15) is 11.5 Å². The SMILES string of the molecule is CC(C)(C)[Si](C)(C)OCc1ccc(OC(=O)CCC(=O)Oc2ccc(CO[Si](C)(C)C(C)(C)C)cc2)cc1. The summed E-state index contributed by atoms with van der Waals surface area (Å²) in [6.07, 6.45) is -0.124. The summed E-state index contributed by atoms with van der Waals surface area (Å²) < 4.78 is 23.2. The summed E-state index contributed by atoms with van der Waals surface area (Å²) in [4.78, 5) is 24.5. The molecule has 8 heteroatoms. The van der Waals surface area contributed by atoms with Crippen LogP contribution in [0.25, 0.3) is 0 Å². The van der Waals surface area contributed by atoms with E-state index in [1.807, 2.05) is 24.3 Å². The van der Waals surface area contributed by atoms with Gasteiger partial charge in [-0.05, 0) is 71.7 Å². The lowest BCUT2D eigenvalue weighted by molar-refractivity contribution is -0.140. The van der Waals surface area contributed by atoms with E-state index in [1.54, 1.807) is 24.3 Å². The number of carbonyl (C=O) groups excluding carboxylic acids is 2. The second-order valence-electron chi connectivity index (χ2n) is 12.8.